The first-order valence-corrected chi connectivity index (χ1v) is 12.3. The van der Waals surface area contributed by atoms with Crippen molar-refractivity contribution in [1.29, 1.82) is 0 Å². The van der Waals surface area contributed by atoms with E-state index in [1.54, 1.807) is 0 Å². The maximum Gasteiger partial charge on any atom is 0.253 e. The molecular weight excluding hydrogens is 386 g/mol. The van der Waals surface area contributed by atoms with E-state index in [1.165, 1.54) is 35.9 Å². The van der Waals surface area contributed by atoms with Gasteiger partial charge in [-0.3, -0.25) is 9.59 Å². The molecule has 166 valence electrons. The van der Waals surface area contributed by atoms with Crippen LogP contribution in [0.2, 0.25) is 0 Å². The predicted molar refractivity (Wildman–Crippen MR) is 123 cm³/mol. The van der Waals surface area contributed by atoms with E-state index in [1.807, 2.05) is 11.0 Å². The Balaban J connectivity index is 1.25. The minimum absolute atomic E-state index is 0.0859. The molecule has 1 aromatic carbocycles. The number of nitrogens with zero attached hydrogens (tertiary/aromatic N) is 2. The topological polar surface area (TPSA) is 56.4 Å². The lowest BCUT2D eigenvalue weighted by Gasteiger charge is -2.34. The number of fused-ring (bicyclic) bond motifs is 3. The van der Waals surface area contributed by atoms with Gasteiger partial charge < -0.3 is 14.8 Å². The minimum atomic E-state index is 0.0859. The van der Waals surface area contributed by atoms with Crippen LogP contribution in [0.5, 0.6) is 0 Å². The number of rotatable bonds is 2. The second kappa shape index (κ2) is 8.68. The highest BCUT2D eigenvalue weighted by molar-refractivity contribution is 5.99. The van der Waals surface area contributed by atoms with E-state index in [9.17, 15) is 9.59 Å². The summed E-state index contributed by atoms with van der Waals surface area (Å²) in [6, 6.07) is 6.13. The van der Waals surface area contributed by atoms with Crippen molar-refractivity contribution in [1.82, 2.24) is 14.8 Å². The molecule has 0 saturated carbocycles. The van der Waals surface area contributed by atoms with E-state index >= 15 is 0 Å². The molecule has 1 unspecified atom stereocenters. The zero-order chi connectivity index (χ0) is 21.4. The number of aryl methyl sites for hydroxylation is 1. The number of hydrogen-bond donors (Lipinski definition) is 1. The summed E-state index contributed by atoms with van der Waals surface area (Å²) >= 11 is 0. The quantitative estimate of drug-likeness (QED) is 0.774. The van der Waals surface area contributed by atoms with E-state index in [0.717, 1.165) is 62.7 Å². The molecule has 0 bridgehead atoms. The number of amides is 2. The summed E-state index contributed by atoms with van der Waals surface area (Å²) in [6.07, 6.45) is 9.76. The van der Waals surface area contributed by atoms with Crippen LogP contribution in [0.4, 0.5) is 0 Å². The fraction of sp³-hybridized carbons (Fsp3) is 0.615. The molecule has 2 aromatic rings. The molecule has 31 heavy (non-hydrogen) atoms. The standard InChI is InChI=1S/C26H35N3O2/c1-18-6-8-23-21(16-18)22-17-20(7-9-24(22)27-23)26(31)29-14-10-19(11-15-29)25(30)28-12-4-2-3-5-13-28/h7,9,17-19,27H,2-6,8,10-16H2,1H3. The van der Waals surface area contributed by atoms with Gasteiger partial charge in [0.25, 0.3) is 5.91 Å². The Morgan fingerprint density at radius 1 is 0.935 bits per heavy atom. The third-order valence-electron chi connectivity index (χ3n) is 7.73. The summed E-state index contributed by atoms with van der Waals surface area (Å²) in [7, 11) is 0. The molecule has 1 atom stereocenters. The Morgan fingerprint density at radius 2 is 1.68 bits per heavy atom. The molecular formula is C26H35N3O2. The molecule has 1 aromatic heterocycles. The summed E-state index contributed by atoms with van der Waals surface area (Å²) in [5.74, 6) is 1.22. The maximum atomic E-state index is 13.2. The number of benzene rings is 1. The Labute approximate surface area is 185 Å². The Morgan fingerprint density at radius 3 is 2.42 bits per heavy atom. The second-order valence-corrected chi connectivity index (χ2v) is 10.00. The number of H-pyrrole nitrogens is 1. The van der Waals surface area contributed by atoms with Crippen molar-refractivity contribution in [2.24, 2.45) is 11.8 Å². The molecule has 5 nitrogen and oxygen atoms in total. The number of nitrogens with one attached hydrogen (secondary N) is 1. The molecule has 1 aliphatic carbocycles. The molecule has 0 spiro atoms. The lowest BCUT2D eigenvalue weighted by atomic mass is 9.87. The van der Waals surface area contributed by atoms with Crippen molar-refractivity contribution >= 4 is 22.7 Å². The zero-order valence-electron chi connectivity index (χ0n) is 18.8. The van der Waals surface area contributed by atoms with Crippen LogP contribution in [-0.2, 0) is 17.6 Å². The number of aromatic amines is 1. The van der Waals surface area contributed by atoms with Crippen molar-refractivity contribution in [2.75, 3.05) is 26.2 Å². The van der Waals surface area contributed by atoms with Gasteiger partial charge in [-0.1, -0.05) is 19.8 Å². The van der Waals surface area contributed by atoms with E-state index in [2.05, 4.69) is 28.9 Å². The maximum absolute atomic E-state index is 13.2. The summed E-state index contributed by atoms with van der Waals surface area (Å²) in [6.45, 7) is 5.51. The van der Waals surface area contributed by atoms with Crippen LogP contribution >= 0.6 is 0 Å². The summed E-state index contributed by atoms with van der Waals surface area (Å²) in [5, 5.41) is 1.22. The van der Waals surface area contributed by atoms with Crippen molar-refractivity contribution in [2.45, 2.75) is 64.7 Å². The molecule has 2 amide bonds. The van der Waals surface area contributed by atoms with Crippen LogP contribution in [-0.4, -0.2) is 52.8 Å². The summed E-state index contributed by atoms with van der Waals surface area (Å²) < 4.78 is 0. The third kappa shape index (κ3) is 4.11. The normalized spacial score (nSPS) is 22.9. The lowest BCUT2D eigenvalue weighted by molar-refractivity contribution is -0.136. The number of aromatic nitrogens is 1. The van der Waals surface area contributed by atoms with Crippen LogP contribution < -0.4 is 0 Å². The van der Waals surface area contributed by atoms with Gasteiger partial charge in [-0.15, -0.1) is 0 Å². The first-order valence-electron chi connectivity index (χ1n) is 12.3. The van der Waals surface area contributed by atoms with Crippen LogP contribution in [0.1, 0.15) is 73.5 Å². The lowest BCUT2D eigenvalue weighted by Crippen LogP contribution is -2.44. The number of piperidine rings is 1. The Bertz CT molecular complexity index is 962. The summed E-state index contributed by atoms with van der Waals surface area (Å²) in [4.78, 5) is 33.8. The van der Waals surface area contributed by atoms with Gasteiger partial charge in [0, 0.05) is 54.3 Å². The van der Waals surface area contributed by atoms with Crippen molar-refractivity contribution in [3.05, 3.63) is 35.0 Å². The largest absolute Gasteiger partial charge is 0.358 e. The van der Waals surface area contributed by atoms with Crippen molar-refractivity contribution < 1.29 is 9.59 Å². The third-order valence-corrected chi connectivity index (χ3v) is 7.73. The molecule has 2 saturated heterocycles. The van der Waals surface area contributed by atoms with Gasteiger partial charge in [0.05, 0.1) is 0 Å². The number of carbonyl (C=O) groups is 2. The fourth-order valence-electron chi connectivity index (χ4n) is 5.79. The molecule has 5 rings (SSSR count). The number of hydrogen-bond acceptors (Lipinski definition) is 2. The van der Waals surface area contributed by atoms with Gasteiger partial charge in [0.15, 0.2) is 0 Å². The Hall–Kier alpha value is -2.30. The molecule has 0 radical (unpaired) electrons. The SMILES string of the molecule is CC1CCc2[nH]c3ccc(C(=O)N4CCC(C(=O)N5CCCCCC5)CC4)cc3c2C1. The molecule has 3 aliphatic rings. The minimum Gasteiger partial charge on any atom is -0.358 e. The van der Waals surface area contributed by atoms with Crippen LogP contribution in [0.15, 0.2) is 18.2 Å². The van der Waals surface area contributed by atoms with E-state index < -0.39 is 0 Å². The zero-order valence-corrected chi connectivity index (χ0v) is 18.8. The van der Waals surface area contributed by atoms with E-state index in [-0.39, 0.29) is 11.8 Å². The second-order valence-electron chi connectivity index (χ2n) is 10.00. The monoisotopic (exact) mass is 421 g/mol. The molecule has 3 heterocycles. The highest BCUT2D eigenvalue weighted by Gasteiger charge is 2.31. The average molecular weight is 422 g/mol. The number of carbonyl (C=O) groups excluding carboxylic acids is 2. The van der Waals surface area contributed by atoms with E-state index in [4.69, 9.17) is 0 Å². The van der Waals surface area contributed by atoms with Crippen LogP contribution in [0.25, 0.3) is 10.9 Å². The smallest absolute Gasteiger partial charge is 0.253 e. The van der Waals surface area contributed by atoms with Crippen molar-refractivity contribution in [3.8, 4) is 0 Å². The molecule has 1 N–H and O–H groups in total. The van der Waals surface area contributed by atoms with Gasteiger partial charge in [0.2, 0.25) is 5.91 Å². The van der Waals surface area contributed by atoms with Crippen LogP contribution in [0, 0.1) is 11.8 Å². The Kier molecular flexibility index (Phi) is 5.77. The molecule has 2 aliphatic heterocycles. The summed E-state index contributed by atoms with van der Waals surface area (Å²) in [5.41, 5.74) is 4.69. The van der Waals surface area contributed by atoms with Gasteiger partial charge in [-0.25, -0.2) is 0 Å². The van der Waals surface area contributed by atoms with Gasteiger partial charge in [0.1, 0.15) is 0 Å². The van der Waals surface area contributed by atoms with Gasteiger partial charge in [-0.05, 0) is 74.6 Å². The highest BCUT2D eigenvalue weighted by Crippen LogP contribution is 2.32. The highest BCUT2D eigenvalue weighted by atomic mass is 16.2. The van der Waals surface area contributed by atoms with E-state index in [0.29, 0.717) is 24.9 Å². The fourth-order valence-corrected chi connectivity index (χ4v) is 5.79. The first-order chi connectivity index (χ1) is 15.1. The van der Waals surface area contributed by atoms with Crippen molar-refractivity contribution in [3.63, 3.8) is 0 Å². The van der Waals surface area contributed by atoms with Gasteiger partial charge >= 0.3 is 0 Å². The molecule has 5 heteroatoms. The number of likely N-dealkylation sites (tertiary alicyclic amines) is 2. The first kappa shape index (κ1) is 20.6. The molecule has 2 fully saturated rings. The van der Waals surface area contributed by atoms with Crippen LogP contribution in [0.3, 0.4) is 0 Å². The van der Waals surface area contributed by atoms with Gasteiger partial charge in [-0.2, -0.15) is 0 Å². The predicted octanol–water partition coefficient (Wildman–Crippen LogP) is 4.55. The average Bonchev–Trinajstić information content (AvgIpc) is 2.96.